The summed E-state index contributed by atoms with van der Waals surface area (Å²) in [6.07, 6.45) is 1.46. The molecule has 17 heavy (non-hydrogen) atoms. The second kappa shape index (κ2) is 4.17. The van der Waals surface area contributed by atoms with Gasteiger partial charge in [-0.3, -0.25) is 9.48 Å². The van der Waals surface area contributed by atoms with E-state index in [1.165, 1.54) is 23.0 Å². The molecule has 0 bridgehead atoms. The topological polar surface area (TPSA) is 93.2 Å². The predicted molar refractivity (Wildman–Crippen MR) is 63.7 cm³/mol. The molecule has 1 amide bonds. The number of nitrogens with one attached hydrogen (secondary N) is 1. The minimum Gasteiger partial charge on any atom is -0.508 e. The second-order valence-electron chi connectivity index (χ2n) is 3.58. The van der Waals surface area contributed by atoms with Crippen LogP contribution in [0.2, 0.25) is 0 Å². The van der Waals surface area contributed by atoms with Crippen molar-refractivity contribution in [1.29, 1.82) is 0 Å². The van der Waals surface area contributed by atoms with Gasteiger partial charge in [0, 0.05) is 12.6 Å². The first-order chi connectivity index (χ1) is 8.08. The zero-order valence-electron chi connectivity index (χ0n) is 9.21. The lowest BCUT2D eigenvalue weighted by atomic mass is 10.2. The van der Waals surface area contributed by atoms with Crippen LogP contribution in [0.3, 0.4) is 0 Å². The summed E-state index contributed by atoms with van der Waals surface area (Å²) in [6.45, 7) is 0. The lowest BCUT2D eigenvalue weighted by Gasteiger charge is -2.06. The predicted octanol–water partition coefficient (Wildman–Crippen LogP) is 0.960. The molecule has 0 fully saturated rings. The maximum Gasteiger partial charge on any atom is 0.257 e. The Hall–Kier alpha value is -2.50. The maximum atomic E-state index is 11.8. The van der Waals surface area contributed by atoms with E-state index in [1.54, 1.807) is 19.2 Å². The number of nitrogen functional groups attached to an aromatic ring is 1. The first kappa shape index (κ1) is 11.0. The molecule has 0 saturated carbocycles. The Morgan fingerprint density at radius 3 is 2.88 bits per heavy atom. The third-order valence-corrected chi connectivity index (χ3v) is 2.31. The van der Waals surface area contributed by atoms with Crippen molar-refractivity contribution < 1.29 is 9.90 Å². The number of anilines is 2. The normalized spacial score (nSPS) is 10.2. The van der Waals surface area contributed by atoms with E-state index in [9.17, 15) is 9.90 Å². The van der Waals surface area contributed by atoms with Crippen molar-refractivity contribution >= 4 is 17.4 Å². The van der Waals surface area contributed by atoms with Gasteiger partial charge in [0.15, 0.2) is 5.82 Å². The molecule has 0 radical (unpaired) electrons. The van der Waals surface area contributed by atoms with Crippen LogP contribution in [0.15, 0.2) is 30.5 Å². The van der Waals surface area contributed by atoms with E-state index in [4.69, 9.17) is 5.73 Å². The highest BCUT2D eigenvalue weighted by atomic mass is 16.3. The molecule has 6 nitrogen and oxygen atoms in total. The Morgan fingerprint density at radius 1 is 1.53 bits per heavy atom. The number of hydrogen-bond acceptors (Lipinski definition) is 4. The van der Waals surface area contributed by atoms with Crippen LogP contribution < -0.4 is 11.1 Å². The molecule has 2 aromatic rings. The van der Waals surface area contributed by atoms with E-state index in [2.05, 4.69) is 10.4 Å². The molecule has 2 rings (SSSR count). The molecule has 1 aromatic heterocycles. The van der Waals surface area contributed by atoms with Gasteiger partial charge in [-0.15, -0.1) is 0 Å². The Morgan fingerprint density at radius 2 is 2.29 bits per heavy atom. The number of hydrogen-bond donors (Lipinski definition) is 3. The summed E-state index contributed by atoms with van der Waals surface area (Å²) in [5.74, 6) is 0.116. The fourth-order valence-corrected chi connectivity index (χ4v) is 1.43. The zero-order valence-corrected chi connectivity index (χ0v) is 9.21. The number of benzene rings is 1. The number of carbonyl (C=O) groups excluding carboxylic acids is 1. The van der Waals surface area contributed by atoms with Crippen LogP contribution >= 0.6 is 0 Å². The highest BCUT2D eigenvalue weighted by Crippen LogP contribution is 2.18. The van der Waals surface area contributed by atoms with E-state index in [-0.39, 0.29) is 11.7 Å². The van der Waals surface area contributed by atoms with Crippen molar-refractivity contribution in [3.8, 4) is 5.75 Å². The van der Waals surface area contributed by atoms with Gasteiger partial charge in [-0.2, -0.15) is 5.10 Å². The average molecular weight is 232 g/mol. The molecule has 1 aromatic carbocycles. The maximum absolute atomic E-state index is 11.8. The molecule has 0 spiro atoms. The molecule has 0 aliphatic carbocycles. The quantitative estimate of drug-likeness (QED) is 0.719. The number of amides is 1. The lowest BCUT2D eigenvalue weighted by molar-refractivity contribution is 0.102. The number of phenolic OH excluding ortho intramolecular Hbond substituents is 1. The summed E-state index contributed by atoms with van der Waals surface area (Å²) in [6, 6.07) is 6.07. The van der Waals surface area contributed by atoms with E-state index >= 15 is 0 Å². The van der Waals surface area contributed by atoms with Crippen LogP contribution in [0.4, 0.5) is 11.5 Å². The number of aryl methyl sites for hydroxylation is 1. The van der Waals surface area contributed by atoms with Gasteiger partial charge < -0.3 is 16.2 Å². The minimum absolute atomic E-state index is 0.0376. The van der Waals surface area contributed by atoms with Crippen molar-refractivity contribution in [2.24, 2.45) is 7.05 Å². The summed E-state index contributed by atoms with van der Waals surface area (Å²) < 4.78 is 1.47. The van der Waals surface area contributed by atoms with E-state index in [0.717, 1.165) is 0 Å². The summed E-state index contributed by atoms with van der Waals surface area (Å²) in [4.78, 5) is 11.8. The summed E-state index contributed by atoms with van der Waals surface area (Å²) in [5.41, 5.74) is 6.39. The third-order valence-electron chi connectivity index (χ3n) is 2.31. The van der Waals surface area contributed by atoms with Crippen LogP contribution in [0, 0.1) is 0 Å². The summed E-state index contributed by atoms with van der Waals surface area (Å²) in [7, 11) is 1.68. The van der Waals surface area contributed by atoms with Gasteiger partial charge in [0.1, 0.15) is 5.75 Å². The molecule has 88 valence electrons. The van der Waals surface area contributed by atoms with E-state index in [0.29, 0.717) is 17.1 Å². The zero-order chi connectivity index (χ0) is 12.4. The van der Waals surface area contributed by atoms with Crippen molar-refractivity contribution in [3.05, 3.63) is 36.0 Å². The number of aromatic hydroxyl groups is 1. The van der Waals surface area contributed by atoms with E-state index < -0.39 is 0 Å². The van der Waals surface area contributed by atoms with Gasteiger partial charge in [-0.25, -0.2) is 0 Å². The van der Waals surface area contributed by atoms with Crippen LogP contribution in [0.5, 0.6) is 5.75 Å². The molecule has 0 aliphatic rings. The smallest absolute Gasteiger partial charge is 0.257 e. The van der Waals surface area contributed by atoms with Crippen LogP contribution in [0.25, 0.3) is 0 Å². The highest BCUT2D eigenvalue weighted by Gasteiger charge is 2.11. The van der Waals surface area contributed by atoms with Gasteiger partial charge in [-0.1, -0.05) is 6.07 Å². The number of phenols is 1. The van der Waals surface area contributed by atoms with E-state index in [1.807, 2.05) is 0 Å². The minimum atomic E-state index is -0.351. The Labute approximate surface area is 97.7 Å². The van der Waals surface area contributed by atoms with Gasteiger partial charge >= 0.3 is 0 Å². The number of aromatic nitrogens is 2. The monoisotopic (exact) mass is 232 g/mol. The van der Waals surface area contributed by atoms with Gasteiger partial charge in [0.05, 0.1) is 11.9 Å². The van der Waals surface area contributed by atoms with Crippen molar-refractivity contribution in [1.82, 2.24) is 9.78 Å². The number of nitrogens with two attached hydrogens (primary N) is 1. The molecule has 1 heterocycles. The molecule has 0 saturated heterocycles. The van der Waals surface area contributed by atoms with Crippen molar-refractivity contribution in [2.45, 2.75) is 0 Å². The van der Waals surface area contributed by atoms with Crippen LogP contribution in [0.1, 0.15) is 10.4 Å². The largest absolute Gasteiger partial charge is 0.508 e. The molecule has 4 N–H and O–H groups in total. The van der Waals surface area contributed by atoms with Gasteiger partial charge in [0.25, 0.3) is 5.91 Å². The number of carbonyl (C=O) groups is 1. The number of nitrogens with zero attached hydrogens (tertiary/aromatic N) is 2. The van der Waals surface area contributed by atoms with Crippen molar-refractivity contribution in [3.63, 3.8) is 0 Å². The molecular weight excluding hydrogens is 220 g/mol. The number of rotatable bonds is 2. The SMILES string of the molecule is Cn1ncc(N)c1NC(=O)c1cccc(O)c1. The average Bonchev–Trinajstić information content (AvgIpc) is 2.61. The highest BCUT2D eigenvalue weighted by molar-refractivity contribution is 6.05. The van der Waals surface area contributed by atoms with Crippen LogP contribution in [-0.2, 0) is 7.05 Å². The Balaban J connectivity index is 2.23. The molecule has 0 atom stereocenters. The second-order valence-corrected chi connectivity index (χ2v) is 3.58. The standard InChI is InChI=1S/C11H12N4O2/c1-15-10(9(12)6-13-15)14-11(17)7-3-2-4-8(16)5-7/h2-6,16H,12H2,1H3,(H,14,17). The summed E-state index contributed by atoms with van der Waals surface area (Å²) >= 11 is 0. The molecule has 0 aliphatic heterocycles. The van der Waals surface area contributed by atoms with Crippen LogP contribution in [-0.4, -0.2) is 20.8 Å². The van der Waals surface area contributed by atoms with Gasteiger partial charge in [-0.05, 0) is 18.2 Å². The first-order valence-electron chi connectivity index (χ1n) is 4.96. The molecular formula is C11H12N4O2. The fourth-order valence-electron chi connectivity index (χ4n) is 1.43. The fraction of sp³-hybridized carbons (Fsp3) is 0.0909. The third kappa shape index (κ3) is 2.20. The Kier molecular flexibility index (Phi) is 2.70. The molecule has 0 unspecified atom stereocenters. The lowest BCUT2D eigenvalue weighted by Crippen LogP contribution is -2.15. The van der Waals surface area contributed by atoms with Crippen molar-refractivity contribution in [2.75, 3.05) is 11.1 Å². The summed E-state index contributed by atoms with van der Waals surface area (Å²) in [5, 5.41) is 15.8. The Bertz CT molecular complexity index is 543. The van der Waals surface area contributed by atoms with Gasteiger partial charge in [0.2, 0.25) is 0 Å². The first-order valence-corrected chi connectivity index (χ1v) is 4.96. The molecule has 6 heteroatoms.